The summed E-state index contributed by atoms with van der Waals surface area (Å²) in [4.78, 5) is 11.9. The summed E-state index contributed by atoms with van der Waals surface area (Å²) in [7, 11) is 0. The molecule has 0 bridgehead atoms. The van der Waals surface area contributed by atoms with Crippen LogP contribution in [0.4, 0.5) is 4.39 Å². The fourth-order valence-electron chi connectivity index (χ4n) is 4.83. The predicted octanol–water partition coefficient (Wildman–Crippen LogP) is 7.13. The van der Waals surface area contributed by atoms with Crippen molar-refractivity contribution in [2.24, 2.45) is 5.92 Å². The summed E-state index contributed by atoms with van der Waals surface area (Å²) in [5.74, 6) is 1.48. The molecule has 30 heavy (non-hydrogen) atoms. The number of carbonyl (C=O) groups is 1. The van der Waals surface area contributed by atoms with E-state index in [1.54, 1.807) is 0 Å². The van der Waals surface area contributed by atoms with Crippen molar-refractivity contribution in [1.82, 2.24) is 0 Å². The Bertz CT molecular complexity index is 616. The van der Waals surface area contributed by atoms with Crippen LogP contribution in [0.15, 0.2) is 24.3 Å². The third-order valence-electron chi connectivity index (χ3n) is 6.84. The van der Waals surface area contributed by atoms with E-state index >= 15 is 0 Å². The lowest BCUT2D eigenvalue weighted by atomic mass is 9.84. The van der Waals surface area contributed by atoms with Crippen LogP contribution < -0.4 is 4.74 Å². The summed E-state index contributed by atoms with van der Waals surface area (Å²) in [6.45, 7) is 2.77. The van der Waals surface area contributed by atoms with Gasteiger partial charge in [-0.1, -0.05) is 51.2 Å². The predicted molar refractivity (Wildman–Crippen MR) is 119 cm³/mol. The van der Waals surface area contributed by atoms with Crippen molar-refractivity contribution in [3.8, 4) is 5.75 Å². The maximum Gasteiger partial charge on any atom is 0.340 e. The zero-order chi connectivity index (χ0) is 21.2. The van der Waals surface area contributed by atoms with Crippen molar-refractivity contribution in [1.29, 1.82) is 0 Å². The molecule has 1 aromatic carbocycles. The monoisotopic (exact) mass is 418 g/mol. The lowest BCUT2D eigenvalue weighted by Gasteiger charge is -2.28. The molecule has 2 fully saturated rings. The number of alkyl halides is 1. The first-order valence-corrected chi connectivity index (χ1v) is 12.2. The highest BCUT2D eigenvalue weighted by Crippen LogP contribution is 2.33. The maximum absolute atomic E-state index is 13.9. The van der Waals surface area contributed by atoms with Crippen LogP contribution in [0.5, 0.6) is 5.75 Å². The van der Waals surface area contributed by atoms with Gasteiger partial charge in [-0.2, -0.15) is 0 Å². The fraction of sp³-hybridized carbons (Fsp3) is 0.731. The van der Waals surface area contributed by atoms with Gasteiger partial charge in [-0.3, -0.25) is 0 Å². The van der Waals surface area contributed by atoms with Crippen molar-refractivity contribution < 1.29 is 18.7 Å². The highest BCUT2D eigenvalue weighted by molar-refractivity contribution is 5.74. The Morgan fingerprint density at radius 2 is 1.70 bits per heavy atom. The molecule has 3 nitrogen and oxygen atoms in total. The number of carbonyl (C=O) groups excluding carboxylic acids is 1. The Morgan fingerprint density at radius 3 is 2.37 bits per heavy atom. The normalized spacial score (nSPS) is 23.7. The smallest absolute Gasteiger partial charge is 0.340 e. The second-order valence-electron chi connectivity index (χ2n) is 9.26. The van der Waals surface area contributed by atoms with E-state index in [0.717, 1.165) is 56.6 Å². The second kappa shape index (κ2) is 12.3. The zero-order valence-electron chi connectivity index (χ0n) is 18.6. The average molecular weight is 419 g/mol. The first-order chi connectivity index (χ1) is 14.7. The Hall–Kier alpha value is -1.58. The van der Waals surface area contributed by atoms with E-state index < -0.39 is 12.1 Å². The van der Waals surface area contributed by atoms with Crippen molar-refractivity contribution in [2.75, 3.05) is 6.61 Å². The van der Waals surface area contributed by atoms with Gasteiger partial charge in [0.05, 0.1) is 6.61 Å². The van der Waals surface area contributed by atoms with E-state index in [9.17, 15) is 9.18 Å². The van der Waals surface area contributed by atoms with Gasteiger partial charge in [-0.15, -0.1) is 0 Å². The summed E-state index contributed by atoms with van der Waals surface area (Å²) >= 11 is 0. The minimum Gasteiger partial charge on any atom is -0.493 e. The summed E-state index contributed by atoms with van der Waals surface area (Å²) in [5, 5.41) is 0. The summed E-state index contributed by atoms with van der Waals surface area (Å²) in [6.07, 6.45) is 11.7. The molecule has 2 saturated carbocycles. The Balaban J connectivity index is 1.33. The van der Waals surface area contributed by atoms with Gasteiger partial charge in [0.25, 0.3) is 0 Å². The summed E-state index contributed by atoms with van der Waals surface area (Å²) in [6, 6.07) is 8.68. The highest BCUT2D eigenvalue weighted by Gasteiger charge is 2.27. The molecule has 0 aliphatic heterocycles. The van der Waals surface area contributed by atoms with Crippen molar-refractivity contribution >= 4 is 5.97 Å². The van der Waals surface area contributed by atoms with Gasteiger partial charge >= 0.3 is 5.97 Å². The van der Waals surface area contributed by atoms with E-state index in [-0.39, 0.29) is 12.5 Å². The van der Waals surface area contributed by atoms with E-state index in [2.05, 4.69) is 31.2 Å². The van der Waals surface area contributed by atoms with Crippen LogP contribution in [0, 0.1) is 5.92 Å². The molecule has 0 radical (unpaired) electrons. The number of esters is 1. The lowest BCUT2D eigenvalue weighted by molar-refractivity contribution is -0.157. The molecule has 1 aromatic rings. The highest BCUT2D eigenvalue weighted by atomic mass is 19.1. The van der Waals surface area contributed by atoms with Crippen LogP contribution in [0.3, 0.4) is 0 Å². The van der Waals surface area contributed by atoms with Crippen LogP contribution in [0.25, 0.3) is 0 Å². The topological polar surface area (TPSA) is 35.5 Å². The van der Waals surface area contributed by atoms with Gasteiger partial charge in [0.15, 0.2) is 6.17 Å². The van der Waals surface area contributed by atoms with Gasteiger partial charge in [-0.05, 0) is 80.9 Å². The number of hydrogen-bond acceptors (Lipinski definition) is 3. The van der Waals surface area contributed by atoms with Crippen LogP contribution in [-0.4, -0.2) is 24.9 Å². The standard InChI is InChI=1S/C26H39FO3/c1-2-3-5-10-25(27)26(28)30-24-15-11-20(12-16-24)19-29-23-17-13-22(14-18-23)21-8-6-4-7-9-21/h13-14,17-18,20-21,24-25H,2-12,15-16,19H2,1H3/t20?,24?,25-/m0/s1. The van der Waals surface area contributed by atoms with E-state index in [1.807, 2.05) is 0 Å². The number of rotatable bonds is 10. The molecule has 0 unspecified atom stereocenters. The number of unbranched alkanes of at least 4 members (excludes halogenated alkanes) is 2. The first-order valence-electron chi connectivity index (χ1n) is 12.2. The third-order valence-corrected chi connectivity index (χ3v) is 6.84. The third kappa shape index (κ3) is 7.28. The Labute approximate surface area is 181 Å². The van der Waals surface area contributed by atoms with Gasteiger partial charge in [0, 0.05) is 0 Å². The largest absolute Gasteiger partial charge is 0.493 e. The maximum atomic E-state index is 13.9. The average Bonchev–Trinajstić information content (AvgIpc) is 2.79. The molecule has 2 aliphatic rings. The second-order valence-corrected chi connectivity index (χ2v) is 9.26. The molecule has 2 aliphatic carbocycles. The molecular weight excluding hydrogens is 379 g/mol. The summed E-state index contributed by atoms with van der Waals surface area (Å²) in [5.41, 5.74) is 1.45. The molecular formula is C26H39FO3. The van der Waals surface area contributed by atoms with Crippen LogP contribution >= 0.6 is 0 Å². The molecule has 0 aromatic heterocycles. The summed E-state index contributed by atoms with van der Waals surface area (Å²) < 4.78 is 25.4. The van der Waals surface area contributed by atoms with Crippen LogP contribution in [0.2, 0.25) is 0 Å². The van der Waals surface area contributed by atoms with E-state index in [4.69, 9.17) is 9.47 Å². The minimum absolute atomic E-state index is 0.132. The van der Waals surface area contributed by atoms with Crippen LogP contribution in [-0.2, 0) is 9.53 Å². The van der Waals surface area contributed by atoms with Gasteiger partial charge in [-0.25, -0.2) is 9.18 Å². The number of hydrogen-bond donors (Lipinski definition) is 0. The Morgan fingerprint density at radius 1 is 1.00 bits per heavy atom. The molecule has 0 amide bonds. The van der Waals surface area contributed by atoms with Crippen molar-refractivity contribution in [2.45, 2.75) is 109 Å². The molecule has 0 N–H and O–H groups in total. The first kappa shape index (κ1) is 23.1. The molecule has 168 valence electrons. The molecule has 0 spiro atoms. The SMILES string of the molecule is CCCCC[C@H](F)C(=O)OC1CCC(COc2ccc(C3CCCCC3)cc2)CC1. The molecule has 4 heteroatoms. The molecule has 3 rings (SSSR count). The zero-order valence-corrected chi connectivity index (χ0v) is 18.6. The molecule has 0 heterocycles. The van der Waals surface area contributed by atoms with Gasteiger partial charge in [0.1, 0.15) is 11.9 Å². The Kier molecular flexibility index (Phi) is 9.48. The van der Waals surface area contributed by atoms with E-state index in [0.29, 0.717) is 12.5 Å². The minimum atomic E-state index is -1.46. The van der Waals surface area contributed by atoms with Crippen LogP contribution in [0.1, 0.15) is 102 Å². The fourth-order valence-corrected chi connectivity index (χ4v) is 4.83. The molecule has 1 atom stereocenters. The van der Waals surface area contributed by atoms with E-state index in [1.165, 1.54) is 37.7 Å². The molecule has 0 saturated heterocycles. The number of benzene rings is 1. The lowest BCUT2D eigenvalue weighted by Crippen LogP contribution is -2.30. The van der Waals surface area contributed by atoms with Crippen molar-refractivity contribution in [3.05, 3.63) is 29.8 Å². The van der Waals surface area contributed by atoms with Gasteiger partial charge < -0.3 is 9.47 Å². The number of halogens is 1. The quantitative estimate of drug-likeness (QED) is 0.299. The van der Waals surface area contributed by atoms with Gasteiger partial charge in [0.2, 0.25) is 0 Å². The van der Waals surface area contributed by atoms with Crippen molar-refractivity contribution in [3.63, 3.8) is 0 Å². The number of ether oxygens (including phenoxy) is 2.